The van der Waals surface area contributed by atoms with Gasteiger partial charge in [-0.15, -0.1) is 11.6 Å². The van der Waals surface area contributed by atoms with E-state index in [1.807, 2.05) is 0 Å². The van der Waals surface area contributed by atoms with E-state index in [2.05, 4.69) is 24.0 Å². The highest BCUT2D eigenvalue weighted by molar-refractivity contribution is 6.21. The first-order valence-corrected chi connectivity index (χ1v) is 10.8. The Hall–Kier alpha value is -0.580. The zero-order valence-corrected chi connectivity index (χ0v) is 17.3. The van der Waals surface area contributed by atoms with Crippen molar-refractivity contribution in [3.63, 3.8) is 0 Å². The van der Waals surface area contributed by atoms with Gasteiger partial charge in [-0.25, -0.2) is 0 Å². The Bertz CT molecular complexity index is 416. The first-order chi connectivity index (χ1) is 12.5. The Morgan fingerprint density at radius 3 is 2.65 bits per heavy atom. The molecule has 152 valence electrons. The summed E-state index contributed by atoms with van der Waals surface area (Å²) < 4.78 is 0. The normalized spacial score (nSPS) is 23.5. The largest absolute Gasteiger partial charge is 0.481 e. The zero-order chi connectivity index (χ0) is 19.4. The SMILES string of the molecule is CCCCCC(O)CCCN1CCC(Cl)C1CC=CCCC(C)C(=O)O. The molecule has 1 aliphatic rings. The fourth-order valence-corrected chi connectivity index (χ4v) is 3.94. The van der Waals surface area contributed by atoms with E-state index in [1.165, 1.54) is 12.8 Å². The molecule has 1 fully saturated rings. The monoisotopic (exact) mass is 387 g/mol. The van der Waals surface area contributed by atoms with Crippen LogP contribution in [0.2, 0.25) is 0 Å². The van der Waals surface area contributed by atoms with Crippen molar-refractivity contribution in [2.45, 2.75) is 95.6 Å². The van der Waals surface area contributed by atoms with Gasteiger partial charge in [-0.1, -0.05) is 45.3 Å². The molecule has 1 heterocycles. The minimum atomic E-state index is -0.724. The Morgan fingerprint density at radius 1 is 1.23 bits per heavy atom. The predicted octanol–water partition coefficient (Wildman–Crippen LogP) is 4.84. The van der Waals surface area contributed by atoms with Crippen LogP contribution < -0.4 is 0 Å². The van der Waals surface area contributed by atoms with Gasteiger partial charge in [0.2, 0.25) is 0 Å². The van der Waals surface area contributed by atoms with Crippen molar-refractivity contribution in [3.05, 3.63) is 12.2 Å². The van der Waals surface area contributed by atoms with Gasteiger partial charge in [0.25, 0.3) is 0 Å². The average Bonchev–Trinajstić information content (AvgIpc) is 2.94. The number of carbonyl (C=O) groups is 1. The summed E-state index contributed by atoms with van der Waals surface area (Å²) in [7, 11) is 0. The average molecular weight is 388 g/mol. The van der Waals surface area contributed by atoms with Gasteiger partial charge in [0.1, 0.15) is 0 Å². The van der Waals surface area contributed by atoms with Gasteiger partial charge in [-0.3, -0.25) is 9.69 Å². The lowest BCUT2D eigenvalue weighted by atomic mass is 10.0. The summed E-state index contributed by atoms with van der Waals surface area (Å²) in [5, 5.41) is 19.1. The maximum absolute atomic E-state index is 10.8. The van der Waals surface area contributed by atoms with Crippen LogP contribution in [-0.4, -0.2) is 51.7 Å². The molecule has 0 aromatic carbocycles. The highest BCUT2D eigenvalue weighted by Crippen LogP contribution is 2.26. The number of aliphatic hydroxyl groups is 1. The van der Waals surface area contributed by atoms with Crippen LogP contribution in [0.25, 0.3) is 0 Å². The van der Waals surface area contributed by atoms with Gasteiger partial charge in [-0.2, -0.15) is 0 Å². The van der Waals surface area contributed by atoms with Crippen molar-refractivity contribution in [2.75, 3.05) is 13.1 Å². The number of aliphatic carboxylic acids is 1. The number of alkyl halides is 1. The van der Waals surface area contributed by atoms with Crippen LogP contribution in [0, 0.1) is 5.92 Å². The summed E-state index contributed by atoms with van der Waals surface area (Å²) >= 11 is 6.50. The second-order valence-corrected chi connectivity index (χ2v) is 8.28. The van der Waals surface area contributed by atoms with E-state index in [-0.39, 0.29) is 17.4 Å². The number of carboxylic acids is 1. The molecule has 0 aliphatic carbocycles. The number of carboxylic acid groups (broad SMARTS) is 1. The lowest BCUT2D eigenvalue weighted by Gasteiger charge is -2.25. The van der Waals surface area contributed by atoms with Gasteiger partial charge >= 0.3 is 5.97 Å². The molecule has 0 amide bonds. The Kier molecular flexibility index (Phi) is 12.2. The van der Waals surface area contributed by atoms with Crippen LogP contribution in [0.3, 0.4) is 0 Å². The Balaban J connectivity index is 2.25. The van der Waals surface area contributed by atoms with E-state index in [0.717, 1.165) is 58.0 Å². The van der Waals surface area contributed by atoms with Gasteiger partial charge in [0, 0.05) is 6.04 Å². The van der Waals surface area contributed by atoms with Gasteiger partial charge in [0.05, 0.1) is 17.4 Å². The third-order valence-electron chi connectivity index (χ3n) is 5.43. The van der Waals surface area contributed by atoms with E-state index in [1.54, 1.807) is 6.92 Å². The molecule has 0 bridgehead atoms. The molecule has 0 aromatic rings. The van der Waals surface area contributed by atoms with Crippen LogP contribution in [0.4, 0.5) is 0 Å². The summed E-state index contributed by atoms with van der Waals surface area (Å²) in [6, 6.07) is 0.363. The van der Waals surface area contributed by atoms with Gasteiger partial charge in [-0.05, 0) is 58.0 Å². The van der Waals surface area contributed by atoms with Crippen molar-refractivity contribution in [2.24, 2.45) is 5.92 Å². The van der Waals surface area contributed by atoms with Crippen LogP contribution >= 0.6 is 11.6 Å². The number of nitrogens with zero attached hydrogens (tertiary/aromatic N) is 1. The van der Waals surface area contributed by atoms with Gasteiger partial charge in [0.15, 0.2) is 0 Å². The molecule has 1 saturated heterocycles. The third-order valence-corrected chi connectivity index (χ3v) is 5.94. The smallest absolute Gasteiger partial charge is 0.306 e. The van der Waals surface area contributed by atoms with E-state index in [4.69, 9.17) is 16.7 Å². The molecule has 0 saturated carbocycles. The molecule has 5 heteroatoms. The molecule has 1 rings (SSSR count). The molecule has 4 atom stereocenters. The fourth-order valence-electron chi connectivity index (χ4n) is 3.58. The van der Waals surface area contributed by atoms with Crippen molar-refractivity contribution < 1.29 is 15.0 Å². The number of allylic oxidation sites excluding steroid dienone is 1. The van der Waals surface area contributed by atoms with Crippen molar-refractivity contribution in [1.82, 2.24) is 4.90 Å². The van der Waals surface area contributed by atoms with Crippen LogP contribution in [-0.2, 0) is 4.79 Å². The number of unbranched alkanes of at least 4 members (excludes halogenated alkanes) is 2. The van der Waals surface area contributed by atoms with Crippen molar-refractivity contribution >= 4 is 17.6 Å². The molecule has 0 spiro atoms. The molecule has 4 unspecified atom stereocenters. The molecular weight excluding hydrogens is 350 g/mol. The highest BCUT2D eigenvalue weighted by Gasteiger charge is 2.31. The summed E-state index contributed by atoms with van der Waals surface area (Å²) in [4.78, 5) is 13.3. The molecule has 26 heavy (non-hydrogen) atoms. The number of hydrogen-bond acceptors (Lipinski definition) is 3. The standard InChI is InChI=1S/C21H38ClNO3/c1-3-4-6-11-18(24)12-9-15-23-16-14-19(22)20(23)13-8-5-7-10-17(2)21(25)26/h5,8,17-20,24H,3-4,6-7,9-16H2,1-2H3,(H,25,26). The van der Waals surface area contributed by atoms with Crippen LogP contribution in [0.5, 0.6) is 0 Å². The second kappa shape index (κ2) is 13.6. The highest BCUT2D eigenvalue weighted by atomic mass is 35.5. The summed E-state index contributed by atoms with van der Waals surface area (Å²) in [6.07, 6.45) is 13.9. The minimum Gasteiger partial charge on any atom is -0.481 e. The quantitative estimate of drug-likeness (QED) is 0.254. The fraction of sp³-hybridized carbons (Fsp3) is 0.857. The number of halogens is 1. The molecule has 2 N–H and O–H groups in total. The first-order valence-electron chi connectivity index (χ1n) is 10.4. The van der Waals surface area contributed by atoms with E-state index in [0.29, 0.717) is 12.5 Å². The molecule has 0 aromatic heterocycles. The number of rotatable bonds is 14. The van der Waals surface area contributed by atoms with Crippen LogP contribution in [0.15, 0.2) is 12.2 Å². The number of hydrogen-bond donors (Lipinski definition) is 2. The van der Waals surface area contributed by atoms with E-state index >= 15 is 0 Å². The summed E-state index contributed by atoms with van der Waals surface area (Å²) in [5.41, 5.74) is 0. The minimum absolute atomic E-state index is 0.162. The van der Waals surface area contributed by atoms with Crippen LogP contribution in [0.1, 0.15) is 78.1 Å². The maximum atomic E-state index is 10.8. The summed E-state index contributed by atoms with van der Waals surface area (Å²) in [6.45, 7) is 5.97. The van der Waals surface area contributed by atoms with E-state index < -0.39 is 5.97 Å². The second-order valence-electron chi connectivity index (χ2n) is 7.72. The number of likely N-dealkylation sites (tertiary alicyclic amines) is 1. The summed E-state index contributed by atoms with van der Waals surface area (Å²) in [5.74, 6) is -1.01. The topological polar surface area (TPSA) is 60.8 Å². The zero-order valence-electron chi connectivity index (χ0n) is 16.6. The van der Waals surface area contributed by atoms with E-state index in [9.17, 15) is 9.90 Å². The predicted molar refractivity (Wildman–Crippen MR) is 109 cm³/mol. The molecule has 1 aliphatic heterocycles. The van der Waals surface area contributed by atoms with Crippen molar-refractivity contribution in [1.29, 1.82) is 0 Å². The first kappa shape index (κ1) is 23.5. The lowest BCUT2D eigenvalue weighted by Crippen LogP contribution is -2.34. The lowest BCUT2D eigenvalue weighted by molar-refractivity contribution is -0.141. The van der Waals surface area contributed by atoms with Crippen molar-refractivity contribution in [3.8, 4) is 0 Å². The number of aliphatic hydroxyl groups excluding tert-OH is 1. The Morgan fingerprint density at radius 2 is 1.96 bits per heavy atom. The maximum Gasteiger partial charge on any atom is 0.306 e. The molecule has 4 nitrogen and oxygen atoms in total. The Labute approximate surface area is 164 Å². The molecule has 0 radical (unpaired) electrons. The van der Waals surface area contributed by atoms with Gasteiger partial charge < -0.3 is 10.2 Å². The third kappa shape index (κ3) is 9.38. The molecular formula is C21H38ClNO3.